The van der Waals surface area contributed by atoms with Crippen molar-refractivity contribution in [1.82, 2.24) is 15.0 Å². The Hall–Kier alpha value is -2.92. The summed E-state index contributed by atoms with van der Waals surface area (Å²) in [5, 5.41) is 0. The lowest BCUT2D eigenvalue weighted by atomic mass is 10.1. The van der Waals surface area contributed by atoms with Crippen LogP contribution in [0.4, 0.5) is 5.95 Å². The number of nitrogens with two attached hydrogens (primary N) is 1. The van der Waals surface area contributed by atoms with Crippen molar-refractivity contribution >= 4 is 28.7 Å². The molecular weight excluding hydrogens is 340 g/mol. The maximum absolute atomic E-state index is 5.91. The van der Waals surface area contributed by atoms with Gasteiger partial charge in [0.2, 0.25) is 5.95 Å². The second-order valence-corrected chi connectivity index (χ2v) is 6.87. The molecule has 0 saturated heterocycles. The Morgan fingerprint density at radius 2 is 1.73 bits per heavy atom. The smallest absolute Gasteiger partial charge is 0.220 e. The molecule has 0 bridgehead atoms. The van der Waals surface area contributed by atoms with Crippen molar-refractivity contribution in [3.8, 4) is 11.3 Å². The minimum absolute atomic E-state index is 0.280. The van der Waals surface area contributed by atoms with Crippen LogP contribution in [0.5, 0.6) is 0 Å². The van der Waals surface area contributed by atoms with Gasteiger partial charge in [0.05, 0.1) is 16.9 Å². The molecule has 4 rings (SSSR count). The van der Waals surface area contributed by atoms with Crippen LogP contribution in [0.25, 0.3) is 22.3 Å². The van der Waals surface area contributed by atoms with Crippen LogP contribution in [0.3, 0.4) is 0 Å². The molecule has 0 fully saturated rings. The first-order chi connectivity index (χ1) is 12.7. The number of hydrogen-bond acceptors (Lipinski definition) is 5. The number of nitrogens with zero attached hydrogens (tertiary/aromatic N) is 3. The zero-order chi connectivity index (χ0) is 17.9. The second-order valence-electron chi connectivity index (χ2n) is 5.99. The molecule has 2 N–H and O–H groups in total. The number of aromatic nitrogens is 3. The molecular formula is C21H18N4S. The summed E-state index contributed by atoms with van der Waals surface area (Å²) in [5.41, 5.74) is 11.5. The molecule has 0 aliphatic heterocycles. The van der Waals surface area contributed by atoms with Gasteiger partial charge in [-0.3, -0.25) is 0 Å². The molecule has 4 nitrogen and oxygen atoms in total. The third-order valence-corrected chi connectivity index (χ3v) is 4.94. The summed E-state index contributed by atoms with van der Waals surface area (Å²) in [5.74, 6) is 0.280. The van der Waals surface area contributed by atoms with E-state index in [-0.39, 0.29) is 5.95 Å². The van der Waals surface area contributed by atoms with Gasteiger partial charge in [-0.05, 0) is 36.1 Å². The Morgan fingerprint density at radius 3 is 2.54 bits per heavy atom. The van der Waals surface area contributed by atoms with Gasteiger partial charge in [-0.1, -0.05) is 42.5 Å². The number of hydrogen-bond donors (Lipinski definition) is 1. The molecule has 0 atom stereocenters. The first-order valence-electron chi connectivity index (χ1n) is 8.34. The average molecular weight is 358 g/mol. The molecule has 5 heteroatoms. The summed E-state index contributed by atoms with van der Waals surface area (Å²) in [7, 11) is 0. The van der Waals surface area contributed by atoms with Crippen LogP contribution in [-0.2, 0) is 6.42 Å². The van der Waals surface area contributed by atoms with Crippen molar-refractivity contribution in [3.05, 3.63) is 78.0 Å². The fourth-order valence-corrected chi connectivity index (χ4v) is 3.41. The zero-order valence-electron chi connectivity index (χ0n) is 14.4. The van der Waals surface area contributed by atoms with E-state index in [9.17, 15) is 0 Å². The maximum Gasteiger partial charge on any atom is 0.220 e. The van der Waals surface area contributed by atoms with Crippen molar-refractivity contribution in [2.45, 2.75) is 11.3 Å². The maximum atomic E-state index is 5.91. The van der Waals surface area contributed by atoms with Gasteiger partial charge in [0.25, 0.3) is 0 Å². The number of rotatable bonds is 4. The van der Waals surface area contributed by atoms with E-state index in [0.717, 1.165) is 28.0 Å². The summed E-state index contributed by atoms with van der Waals surface area (Å²) in [4.78, 5) is 14.9. The summed E-state index contributed by atoms with van der Waals surface area (Å²) in [6.45, 7) is 0. The van der Waals surface area contributed by atoms with Crippen LogP contribution >= 0.6 is 11.8 Å². The minimum Gasteiger partial charge on any atom is -0.368 e. The molecule has 0 unspecified atom stereocenters. The Balaban J connectivity index is 1.83. The summed E-state index contributed by atoms with van der Waals surface area (Å²) in [6.07, 6.45) is 2.74. The van der Waals surface area contributed by atoms with E-state index in [0.29, 0.717) is 6.42 Å². The van der Waals surface area contributed by atoms with Crippen molar-refractivity contribution in [2.75, 3.05) is 12.0 Å². The van der Waals surface area contributed by atoms with Crippen molar-refractivity contribution in [2.24, 2.45) is 0 Å². The Labute approximate surface area is 156 Å². The third kappa shape index (κ3) is 3.39. The van der Waals surface area contributed by atoms with Crippen molar-refractivity contribution in [3.63, 3.8) is 0 Å². The normalized spacial score (nSPS) is 11.0. The third-order valence-electron chi connectivity index (χ3n) is 4.21. The highest BCUT2D eigenvalue weighted by Gasteiger charge is 2.11. The van der Waals surface area contributed by atoms with Crippen LogP contribution in [-0.4, -0.2) is 21.2 Å². The first-order valence-corrected chi connectivity index (χ1v) is 9.57. The van der Waals surface area contributed by atoms with E-state index in [1.807, 2.05) is 30.3 Å². The Kier molecular flexibility index (Phi) is 4.54. The highest BCUT2D eigenvalue weighted by molar-refractivity contribution is 7.98. The largest absolute Gasteiger partial charge is 0.368 e. The molecule has 128 valence electrons. The van der Waals surface area contributed by atoms with E-state index in [2.05, 4.69) is 52.6 Å². The molecule has 2 heterocycles. The van der Waals surface area contributed by atoms with E-state index in [4.69, 9.17) is 10.7 Å². The van der Waals surface area contributed by atoms with Gasteiger partial charge in [0, 0.05) is 16.9 Å². The number of nitrogen functional groups attached to an aromatic ring is 1. The Morgan fingerprint density at radius 1 is 0.885 bits per heavy atom. The summed E-state index contributed by atoms with van der Waals surface area (Å²) >= 11 is 1.72. The predicted molar refractivity (Wildman–Crippen MR) is 108 cm³/mol. The van der Waals surface area contributed by atoms with Crippen LogP contribution in [0.2, 0.25) is 0 Å². The quantitative estimate of drug-likeness (QED) is 0.541. The van der Waals surface area contributed by atoms with Crippen molar-refractivity contribution < 1.29 is 0 Å². The number of fused-ring (bicyclic) bond motifs is 1. The fraction of sp³-hybridized carbons (Fsp3) is 0.0952. The predicted octanol–water partition coefficient (Wildman–Crippen LogP) is 4.59. The summed E-state index contributed by atoms with van der Waals surface area (Å²) in [6, 6.07) is 22.5. The molecule has 4 aromatic rings. The number of benzene rings is 2. The monoisotopic (exact) mass is 358 g/mol. The lowest BCUT2D eigenvalue weighted by molar-refractivity contribution is 1.06. The van der Waals surface area contributed by atoms with Crippen LogP contribution < -0.4 is 5.73 Å². The van der Waals surface area contributed by atoms with E-state index in [1.165, 1.54) is 10.5 Å². The molecule has 0 saturated carbocycles. The number of anilines is 1. The summed E-state index contributed by atoms with van der Waals surface area (Å²) < 4.78 is 0. The molecule has 0 aliphatic rings. The van der Waals surface area contributed by atoms with Gasteiger partial charge >= 0.3 is 0 Å². The number of thioether (sulfide) groups is 1. The van der Waals surface area contributed by atoms with E-state index >= 15 is 0 Å². The number of pyridine rings is 1. The molecule has 0 aliphatic carbocycles. The minimum atomic E-state index is 0.280. The zero-order valence-corrected chi connectivity index (χ0v) is 15.2. The van der Waals surface area contributed by atoms with Crippen LogP contribution in [0.15, 0.2) is 71.6 Å². The second kappa shape index (κ2) is 7.14. The van der Waals surface area contributed by atoms with Gasteiger partial charge in [-0.25, -0.2) is 15.0 Å². The molecule has 0 amide bonds. The standard InChI is InChI=1S/C21H18N4S/c1-26-16-9-5-8-15(13-16)17-10-11-18-20(23-17)19(25-21(22)24-18)12-14-6-3-2-4-7-14/h2-11,13H,12H2,1H3,(H2,22,24,25). The lowest BCUT2D eigenvalue weighted by Crippen LogP contribution is -2.03. The van der Waals surface area contributed by atoms with E-state index < -0.39 is 0 Å². The molecule has 2 aromatic carbocycles. The van der Waals surface area contributed by atoms with Gasteiger partial charge in [-0.2, -0.15) is 0 Å². The molecule has 26 heavy (non-hydrogen) atoms. The molecule has 0 spiro atoms. The lowest BCUT2D eigenvalue weighted by Gasteiger charge is -2.09. The average Bonchev–Trinajstić information content (AvgIpc) is 2.68. The van der Waals surface area contributed by atoms with Gasteiger partial charge in [0.15, 0.2) is 0 Å². The first kappa shape index (κ1) is 16.5. The van der Waals surface area contributed by atoms with Gasteiger partial charge in [-0.15, -0.1) is 11.8 Å². The molecule has 2 aromatic heterocycles. The highest BCUT2D eigenvalue weighted by Crippen LogP contribution is 2.26. The Bertz CT molecular complexity index is 1060. The van der Waals surface area contributed by atoms with Crippen LogP contribution in [0, 0.1) is 0 Å². The van der Waals surface area contributed by atoms with Gasteiger partial charge in [0.1, 0.15) is 5.52 Å². The topological polar surface area (TPSA) is 64.7 Å². The van der Waals surface area contributed by atoms with Crippen LogP contribution in [0.1, 0.15) is 11.3 Å². The molecule has 0 radical (unpaired) electrons. The van der Waals surface area contributed by atoms with Crippen molar-refractivity contribution in [1.29, 1.82) is 0 Å². The van der Waals surface area contributed by atoms with E-state index in [1.54, 1.807) is 11.8 Å². The van der Waals surface area contributed by atoms with Gasteiger partial charge < -0.3 is 5.73 Å². The highest BCUT2D eigenvalue weighted by atomic mass is 32.2. The SMILES string of the molecule is CSc1cccc(-c2ccc3nc(N)nc(Cc4ccccc4)c3n2)c1. The fourth-order valence-electron chi connectivity index (χ4n) is 2.95.